The summed E-state index contributed by atoms with van der Waals surface area (Å²) in [4.78, 5) is 22.3. The van der Waals surface area contributed by atoms with Crippen LogP contribution in [0, 0.1) is 0 Å². The molecule has 0 saturated heterocycles. The second kappa shape index (κ2) is 8.93. The first-order valence-corrected chi connectivity index (χ1v) is 9.85. The van der Waals surface area contributed by atoms with Crippen LogP contribution in [0.25, 0.3) is 22.2 Å². The first-order valence-electron chi connectivity index (χ1n) is 9.85. The topological polar surface area (TPSA) is 79.8 Å². The van der Waals surface area contributed by atoms with E-state index >= 15 is 0 Å². The molecule has 0 aliphatic rings. The van der Waals surface area contributed by atoms with Gasteiger partial charge >= 0.3 is 0 Å². The van der Waals surface area contributed by atoms with E-state index in [0.29, 0.717) is 39.8 Å². The van der Waals surface area contributed by atoms with E-state index < -0.39 is 0 Å². The van der Waals surface area contributed by atoms with Crippen LogP contribution >= 0.6 is 0 Å². The number of ether oxygens (including phenoxy) is 4. The zero-order valence-electron chi connectivity index (χ0n) is 18.2. The maximum Gasteiger partial charge on any atom is 0.211 e. The van der Waals surface area contributed by atoms with E-state index in [-0.39, 0.29) is 5.78 Å². The molecule has 2 aromatic heterocycles. The average Bonchev–Trinajstić information content (AvgIpc) is 2.86. The summed E-state index contributed by atoms with van der Waals surface area (Å²) in [6.45, 7) is 0. The number of hydrogen-bond acceptors (Lipinski definition) is 7. The smallest absolute Gasteiger partial charge is 0.211 e. The number of pyridine rings is 2. The average molecular weight is 430 g/mol. The first-order chi connectivity index (χ1) is 15.6. The van der Waals surface area contributed by atoms with Gasteiger partial charge in [-0.05, 0) is 48.5 Å². The van der Waals surface area contributed by atoms with Crippen molar-refractivity contribution in [2.24, 2.45) is 0 Å². The Labute approximate surface area is 185 Å². The van der Waals surface area contributed by atoms with Gasteiger partial charge in [0.25, 0.3) is 0 Å². The lowest BCUT2D eigenvalue weighted by molar-refractivity contribution is 0.103. The first kappa shape index (κ1) is 21.1. The molecule has 0 aliphatic heterocycles. The fourth-order valence-corrected chi connectivity index (χ4v) is 3.62. The number of fused-ring (bicyclic) bond motifs is 1. The van der Waals surface area contributed by atoms with Crippen LogP contribution in [0.1, 0.15) is 16.1 Å². The van der Waals surface area contributed by atoms with Gasteiger partial charge in [0, 0.05) is 17.1 Å². The summed E-state index contributed by atoms with van der Waals surface area (Å²) >= 11 is 0. The van der Waals surface area contributed by atoms with Gasteiger partial charge in [0.15, 0.2) is 11.5 Å². The lowest BCUT2D eigenvalue weighted by Crippen LogP contribution is -2.06. The van der Waals surface area contributed by atoms with Crippen molar-refractivity contribution in [1.82, 2.24) is 9.97 Å². The number of hydrogen-bond donors (Lipinski definition) is 0. The number of ketones is 1. The summed E-state index contributed by atoms with van der Waals surface area (Å²) in [5.41, 5.74) is 2.92. The SMILES string of the molecule is COc1cc(C(=O)c2ccc3c(-c4ccccn4)c(OC)ccc3n2)cc(OC)c1OC. The second-order valence-electron chi connectivity index (χ2n) is 6.86. The maximum atomic E-state index is 13.3. The molecule has 2 heterocycles. The van der Waals surface area contributed by atoms with Crippen LogP contribution in [0.15, 0.2) is 60.8 Å². The van der Waals surface area contributed by atoms with Crippen molar-refractivity contribution in [2.45, 2.75) is 0 Å². The fourth-order valence-electron chi connectivity index (χ4n) is 3.62. The predicted molar refractivity (Wildman–Crippen MR) is 121 cm³/mol. The van der Waals surface area contributed by atoms with E-state index in [2.05, 4.69) is 9.97 Å². The third-order valence-corrected chi connectivity index (χ3v) is 5.13. The third-order valence-electron chi connectivity index (χ3n) is 5.13. The van der Waals surface area contributed by atoms with E-state index in [4.69, 9.17) is 18.9 Å². The Kier molecular flexibility index (Phi) is 5.89. The molecule has 0 fully saturated rings. The van der Waals surface area contributed by atoms with E-state index in [9.17, 15) is 4.79 Å². The van der Waals surface area contributed by atoms with E-state index in [1.165, 1.54) is 21.3 Å². The molecule has 4 aromatic rings. The summed E-state index contributed by atoms with van der Waals surface area (Å²) < 4.78 is 21.6. The van der Waals surface area contributed by atoms with Crippen LogP contribution in [0.5, 0.6) is 23.0 Å². The Morgan fingerprint density at radius 1 is 0.781 bits per heavy atom. The predicted octanol–water partition coefficient (Wildman–Crippen LogP) is 4.56. The van der Waals surface area contributed by atoms with Crippen LogP contribution in [0.3, 0.4) is 0 Å². The number of carbonyl (C=O) groups is 1. The maximum absolute atomic E-state index is 13.3. The molecular formula is C25H22N2O5. The van der Waals surface area contributed by atoms with Gasteiger partial charge in [0.05, 0.1) is 45.2 Å². The highest BCUT2D eigenvalue weighted by Gasteiger charge is 2.20. The quantitative estimate of drug-likeness (QED) is 0.398. The van der Waals surface area contributed by atoms with Crippen LogP contribution in [0.4, 0.5) is 0 Å². The van der Waals surface area contributed by atoms with Gasteiger partial charge in [-0.1, -0.05) is 6.07 Å². The molecule has 0 bridgehead atoms. The monoisotopic (exact) mass is 430 g/mol. The number of aromatic nitrogens is 2. The van der Waals surface area contributed by atoms with Crippen LogP contribution in [-0.2, 0) is 0 Å². The van der Waals surface area contributed by atoms with Crippen molar-refractivity contribution >= 4 is 16.7 Å². The zero-order valence-corrected chi connectivity index (χ0v) is 18.2. The number of carbonyl (C=O) groups excluding carboxylic acids is 1. The van der Waals surface area contributed by atoms with Crippen LogP contribution < -0.4 is 18.9 Å². The highest BCUT2D eigenvalue weighted by atomic mass is 16.5. The Balaban J connectivity index is 1.82. The molecule has 4 rings (SSSR count). The van der Waals surface area contributed by atoms with E-state index in [1.54, 1.807) is 31.5 Å². The standard InChI is InChI=1S/C25H22N2O5/c1-29-20-11-10-17-16(23(20)18-7-5-6-12-26-18)8-9-19(27-17)24(28)15-13-21(30-2)25(32-4)22(14-15)31-3/h5-14H,1-4H3. The summed E-state index contributed by atoms with van der Waals surface area (Å²) in [7, 11) is 6.14. The highest BCUT2D eigenvalue weighted by molar-refractivity contribution is 6.10. The molecular weight excluding hydrogens is 408 g/mol. The van der Waals surface area contributed by atoms with Crippen molar-refractivity contribution in [1.29, 1.82) is 0 Å². The Hall–Kier alpha value is -4.13. The van der Waals surface area contributed by atoms with Crippen molar-refractivity contribution < 1.29 is 23.7 Å². The normalized spacial score (nSPS) is 10.6. The molecule has 0 amide bonds. The summed E-state index contributed by atoms with van der Waals surface area (Å²) in [5, 5.41) is 0.837. The van der Waals surface area contributed by atoms with Gasteiger partial charge in [0.1, 0.15) is 11.4 Å². The molecule has 2 aromatic carbocycles. The summed E-state index contributed by atoms with van der Waals surface area (Å²) in [5.74, 6) is 1.64. The largest absolute Gasteiger partial charge is 0.496 e. The molecule has 32 heavy (non-hydrogen) atoms. The number of rotatable bonds is 7. The molecule has 0 atom stereocenters. The van der Waals surface area contributed by atoms with Gasteiger partial charge in [-0.3, -0.25) is 9.78 Å². The Morgan fingerprint density at radius 3 is 2.09 bits per heavy atom. The Bertz CT molecular complexity index is 1260. The second-order valence-corrected chi connectivity index (χ2v) is 6.86. The third kappa shape index (κ3) is 3.69. The molecule has 0 radical (unpaired) electrons. The summed E-state index contributed by atoms with van der Waals surface area (Å²) in [6, 6.07) is 16.1. The molecule has 162 valence electrons. The van der Waals surface area contributed by atoms with Gasteiger partial charge in [0.2, 0.25) is 11.5 Å². The molecule has 0 unspecified atom stereocenters. The lowest BCUT2D eigenvalue weighted by atomic mass is 10.0. The van der Waals surface area contributed by atoms with Gasteiger partial charge < -0.3 is 18.9 Å². The Morgan fingerprint density at radius 2 is 1.50 bits per heavy atom. The van der Waals surface area contributed by atoms with Gasteiger partial charge in [-0.2, -0.15) is 0 Å². The minimum Gasteiger partial charge on any atom is -0.496 e. The van der Waals surface area contributed by atoms with Crippen molar-refractivity contribution in [2.75, 3.05) is 28.4 Å². The van der Waals surface area contributed by atoms with Gasteiger partial charge in [-0.15, -0.1) is 0 Å². The molecule has 7 nitrogen and oxygen atoms in total. The molecule has 0 spiro atoms. The minimum atomic E-state index is -0.263. The number of nitrogens with zero attached hydrogens (tertiary/aromatic N) is 2. The van der Waals surface area contributed by atoms with E-state index in [1.807, 2.05) is 36.4 Å². The molecule has 0 N–H and O–H groups in total. The zero-order chi connectivity index (χ0) is 22.7. The minimum absolute atomic E-state index is 0.263. The molecule has 7 heteroatoms. The lowest BCUT2D eigenvalue weighted by Gasteiger charge is -2.14. The van der Waals surface area contributed by atoms with Crippen LogP contribution in [-0.4, -0.2) is 44.2 Å². The molecule has 0 saturated carbocycles. The van der Waals surface area contributed by atoms with E-state index in [0.717, 1.165) is 16.6 Å². The van der Waals surface area contributed by atoms with Gasteiger partial charge in [-0.25, -0.2) is 4.98 Å². The summed E-state index contributed by atoms with van der Waals surface area (Å²) in [6.07, 6.45) is 1.73. The van der Waals surface area contributed by atoms with Crippen molar-refractivity contribution in [3.63, 3.8) is 0 Å². The molecule has 0 aliphatic carbocycles. The fraction of sp³-hybridized carbons (Fsp3) is 0.160. The van der Waals surface area contributed by atoms with Crippen molar-refractivity contribution in [3.05, 3.63) is 72.1 Å². The van der Waals surface area contributed by atoms with Crippen LogP contribution in [0.2, 0.25) is 0 Å². The number of methoxy groups -OCH3 is 4. The highest BCUT2D eigenvalue weighted by Crippen LogP contribution is 2.39. The number of benzene rings is 2. The van der Waals surface area contributed by atoms with Crippen molar-refractivity contribution in [3.8, 4) is 34.3 Å².